The number of benzene rings is 2. The molecule has 3 rings (SSSR count). The molecule has 3 aromatic rings. The van der Waals surface area contributed by atoms with Crippen LogP contribution >= 0.6 is 39.1 Å². The van der Waals surface area contributed by atoms with Crippen molar-refractivity contribution in [2.45, 2.75) is 18.8 Å². The molecular formula is C16H13BrCl2N2. The lowest BCUT2D eigenvalue weighted by Crippen LogP contribution is -2.10. The van der Waals surface area contributed by atoms with Gasteiger partial charge >= 0.3 is 0 Å². The van der Waals surface area contributed by atoms with Crippen LogP contribution in [0, 0.1) is 0 Å². The van der Waals surface area contributed by atoms with E-state index in [4.69, 9.17) is 23.2 Å². The number of hydrogen-bond donors (Lipinski definition) is 0. The minimum Gasteiger partial charge on any atom is -0.318 e. The summed E-state index contributed by atoms with van der Waals surface area (Å²) in [6.45, 7) is 2.13. The average molecular weight is 384 g/mol. The zero-order chi connectivity index (χ0) is 15.0. The Morgan fingerprint density at radius 1 is 1.19 bits per heavy atom. The second-order valence-corrected chi connectivity index (χ2v) is 6.46. The van der Waals surface area contributed by atoms with E-state index in [2.05, 4.69) is 44.5 Å². The predicted octanol–water partition coefficient (Wildman–Crippen LogP) is 5.80. The van der Waals surface area contributed by atoms with Gasteiger partial charge in [-0.1, -0.05) is 45.7 Å². The molecule has 21 heavy (non-hydrogen) atoms. The Morgan fingerprint density at radius 3 is 2.57 bits per heavy atom. The Hall–Kier alpha value is -1.03. The highest BCUT2D eigenvalue weighted by molar-refractivity contribution is 9.10. The molecule has 0 saturated carbocycles. The predicted molar refractivity (Wildman–Crippen MR) is 92.3 cm³/mol. The smallest absolute Gasteiger partial charge is 0.125 e. The first-order valence-corrected chi connectivity index (χ1v) is 8.29. The quantitative estimate of drug-likeness (QED) is 0.522. The number of halogens is 3. The third-order valence-corrected chi connectivity index (χ3v) is 4.67. The van der Waals surface area contributed by atoms with Crippen LogP contribution in [-0.4, -0.2) is 9.55 Å². The van der Waals surface area contributed by atoms with Gasteiger partial charge in [-0.3, -0.25) is 0 Å². The summed E-state index contributed by atoms with van der Waals surface area (Å²) in [6.07, 6.45) is 0. The largest absolute Gasteiger partial charge is 0.318 e. The van der Waals surface area contributed by atoms with Gasteiger partial charge in [0.1, 0.15) is 5.82 Å². The van der Waals surface area contributed by atoms with Crippen molar-refractivity contribution in [1.82, 2.24) is 9.55 Å². The number of hydrogen-bond acceptors (Lipinski definition) is 1. The summed E-state index contributed by atoms with van der Waals surface area (Å²) < 4.78 is 3.18. The summed E-state index contributed by atoms with van der Waals surface area (Å²) in [6, 6.07) is 14.1. The molecule has 0 bridgehead atoms. The first-order chi connectivity index (χ1) is 10.1. The number of nitrogens with zero attached hydrogens (tertiary/aromatic N) is 2. The monoisotopic (exact) mass is 382 g/mol. The molecule has 0 aliphatic carbocycles. The summed E-state index contributed by atoms with van der Waals surface area (Å²) >= 11 is 15.9. The van der Waals surface area contributed by atoms with Crippen molar-refractivity contribution in [2.75, 3.05) is 0 Å². The van der Waals surface area contributed by atoms with Gasteiger partial charge < -0.3 is 4.57 Å². The molecule has 1 atom stereocenters. The van der Waals surface area contributed by atoms with E-state index in [0.717, 1.165) is 21.3 Å². The maximum absolute atomic E-state index is 6.38. The zero-order valence-electron chi connectivity index (χ0n) is 11.4. The lowest BCUT2D eigenvalue weighted by molar-refractivity contribution is 0.634. The fraction of sp³-hybridized carbons (Fsp3) is 0.188. The van der Waals surface area contributed by atoms with Crippen molar-refractivity contribution < 1.29 is 0 Å². The summed E-state index contributed by atoms with van der Waals surface area (Å²) in [7, 11) is 0. The third kappa shape index (κ3) is 2.70. The van der Waals surface area contributed by atoms with Gasteiger partial charge in [0.25, 0.3) is 0 Å². The molecule has 108 valence electrons. The van der Waals surface area contributed by atoms with Crippen LogP contribution in [0.5, 0.6) is 0 Å². The molecule has 0 aliphatic heterocycles. The number of fused-ring (bicyclic) bond motifs is 1. The fourth-order valence-electron chi connectivity index (χ4n) is 2.56. The number of alkyl halides is 1. The summed E-state index contributed by atoms with van der Waals surface area (Å²) in [5, 5.41) is 0.695. The highest BCUT2D eigenvalue weighted by Crippen LogP contribution is 2.31. The molecule has 1 unspecified atom stereocenters. The fourth-order valence-corrected chi connectivity index (χ4v) is 3.27. The maximum atomic E-state index is 6.38. The number of aromatic nitrogens is 2. The minimum atomic E-state index is 0.108. The van der Waals surface area contributed by atoms with Crippen LogP contribution in [0.15, 0.2) is 46.9 Å². The van der Waals surface area contributed by atoms with Gasteiger partial charge in [0.2, 0.25) is 0 Å². The van der Waals surface area contributed by atoms with Crippen molar-refractivity contribution >= 4 is 50.2 Å². The van der Waals surface area contributed by atoms with Crippen molar-refractivity contribution in [1.29, 1.82) is 0 Å². The second kappa shape index (κ2) is 5.99. The van der Waals surface area contributed by atoms with Crippen LogP contribution in [0.3, 0.4) is 0 Å². The zero-order valence-corrected chi connectivity index (χ0v) is 14.5. The molecule has 0 aliphatic rings. The van der Waals surface area contributed by atoms with Crippen LogP contribution < -0.4 is 0 Å². The second-order valence-electron chi connectivity index (χ2n) is 4.87. The van der Waals surface area contributed by atoms with Crippen molar-refractivity contribution in [3.05, 3.63) is 63.3 Å². The number of para-hydroxylation sites is 1. The molecule has 5 heteroatoms. The van der Waals surface area contributed by atoms with E-state index in [1.807, 2.05) is 30.3 Å². The van der Waals surface area contributed by atoms with E-state index in [0.29, 0.717) is 10.9 Å². The van der Waals surface area contributed by atoms with Crippen LogP contribution in [-0.2, 0) is 5.88 Å². The standard InChI is InChI=1S/C16H13BrCl2N2/c1-10(11-5-7-12(17)8-6-11)21-15(9-18)20-14-4-2-3-13(19)16(14)21/h2-8,10H,9H2,1H3. The Kier molecular flexibility index (Phi) is 4.25. The highest BCUT2D eigenvalue weighted by Gasteiger charge is 2.18. The van der Waals surface area contributed by atoms with Gasteiger partial charge in [0.05, 0.1) is 28.0 Å². The van der Waals surface area contributed by atoms with Crippen LogP contribution in [0.4, 0.5) is 0 Å². The lowest BCUT2D eigenvalue weighted by atomic mass is 10.1. The van der Waals surface area contributed by atoms with Crippen molar-refractivity contribution in [2.24, 2.45) is 0 Å². The van der Waals surface area contributed by atoms with E-state index in [1.54, 1.807) is 0 Å². The van der Waals surface area contributed by atoms with Gasteiger partial charge in [-0.15, -0.1) is 11.6 Å². The Bertz CT molecular complexity index is 781. The molecular weight excluding hydrogens is 371 g/mol. The molecule has 0 N–H and O–H groups in total. The molecule has 0 fully saturated rings. The van der Waals surface area contributed by atoms with Crippen molar-refractivity contribution in [3.8, 4) is 0 Å². The Labute approximate surface area is 141 Å². The van der Waals surface area contributed by atoms with E-state index >= 15 is 0 Å². The molecule has 0 spiro atoms. The molecule has 1 aromatic heterocycles. The highest BCUT2D eigenvalue weighted by atomic mass is 79.9. The first-order valence-electron chi connectivity index (χ1n) is 6.58. The van der Waals surface area contributed by atoms with Gasteiger partial charge in [-0.2, -0.15) is 0 Å². The molecule has 2 aromatic carbocycles. The average Bonchev–Trinajstić information content (AvgIpc) is 2.87. The van der Waals surface area contributed by atoms with Gasteiger partial charge in [0.15, 0.2) is 0 Å². The van der Waals surface area contributed by atoms with Gasteiger partial charge in [-0.25, -0.2) is 4.98 Å². The normalized spacial score (nSPS) is 12.8. The van der Waals surface area contributed by atoms with Gasteiger partial charge in [0, 0.05) is 4.47 Å². The van der Waals surface area contributed by atoms with E-state index < -0.39 is 0 Å². The summed E-state index contributed by atoms with van der Waals surface area (Å²) in [4.78, 5) is 4.59. The first kappa shape index (κ1) is 14.9. The van der Waals surface area contributed by atoms with E-state index in [-0.39, 0.29) is 6.04 Å². The number of rotatable bonds is 3. The molecule has 0 radical (unpaired) electrons. The Morgan fingerprint density at radius 2 is 1.90 bits per heavy atom. The molecule has 0 amide bonds. The van der Waals surface area contributed by atoms with E-state index in [1.165, 1.54) is 5.56 Å². The van der Waals surface area contributed by atoms with Gasteiger partial charge in [-0.05, 0) is 36.8 Å². The Balaban J connectivity index is 2.20. The van der Waals surface area contributed by atoms with Crippen LogP contribution in [0.25, 0.3) is 11.0 Å². The third-order valence-electron chi connectivity index (χ3n) is 3.59. The van der Waals surface area contributed by atoms with E-state index in [9.17, 15) is 0 Å². The topological polar surface area (TPSA) is 17.8 Å². The maximum Gasteiger partial charge on any atom is 0.125 e. The van der Waals surface area contributed by atoms with Crippen LogP contribution in [0.1, 0.15) is 24.4 Å². The minimum absolute atomic E-state index is 0.108. The summed E-state index contributed by atoms with van der Waals surface area (Å²) in [5.74, 6) is 1.18. The van der Waals surface area contributed by atoms with Crippen molar-refractivity contribution in [3.63, 3.8) is 0 Å². The molecule has 1 heterocycles. The molecule has 0 saturated heterocycles. The number of imidazole rings is 1. The SMILES string of the molecule is CC(c1ccc(Br)cc1)n1c(CCl)nc2cccc(Cl)c21. The van der Waals surface area contributed by atoms with Crippen LogP contribution in [0.2, 0.25) is 5.02 Å². The summed E-state index contributed by atoms with van der Waals surface area (Å²) in [5.41, 5.74) is 3.00. The lowest BCUT2D eigenvalue weighted by Gasteiger charge is -2.18. The molecule has 2 nitrogen and oxygen atoms in total.